The third-order valence-electron chi connectivity index (χ3n) is 5.64. The van der Waals surface area contributed by atoms with Crippen LogP contribution in [0.25, 0.3) is 0 Å². The summed E-state index contributed by atoms with van der Waals surface area (Å²) in [4.78, 5) is 9.78. The van der Waals surface area contributed by atoms with Gasteiger partial charge in [0, 0.05) is 45.2 Å². The van der Waals surface area contributed by atoms with Crippen molar-refractivity contribution in [1.82, 2.24) is 20.4 Å². The second kappa shape index (κ2) is 15.3. The van der Waals surface area contributed by atoms with Crippen LogP contribution in [-0.4, -0.2) is 87.4 Å². The zero-order chi connectivity index (χ0) is 21.4. The van der Waals surface area contributed by atoms with Crippen LogP contribution in [0.4, 0.5) is 0 Å². The number of hydrogen-bond donors (Lipinski definition) is 2. The smallest absolute Gasteiger partial charge is 0.191 e. The largest absolute Gasteiger partial charge is 0.469 e. The Bertz CT molecular complexity index is 554. The molecule has 7 nitrogen and oxygen atoms in total. The number of ether oxygens (including phenoxy) is 1. The molecule has 0 aliphatic carbocycles. The Hall–Kier alpha value is -1.57. The van der Waals surface area contributed by atoms with Crippen molar-refractivity contribution in [2.24, 2.45) is 4.99 Å². The average molecular weight is 422 g/mol. The van der Waals surface area contributed by atoms with Crippen LogP contribution in [0.1, 0.15) is 45.8 Å². The fourth-order valence-corrected chi connectivity index (χ4v) is 3.69. The van der Waals surface area contributed by atoms with Crippen LogP contribution >= 0.6 is 0 Å². The molecule has 172 valence electrons. The van der Waals surface area contributed by atoms with E-state index in [2.05, 4.69) is 41.2 Å². The van der Waals surface area contributed by atoms with Gasteiger partial charge in [-0.25, -0.2) is 0 Å². The predicted molar refractivity (Wildman–Crippen MR) is 124 cm³/mol. The Morgan fingerprint density at radius 2 is 2.03 bits per heavy atom. The summed E-state index contributed by atoms with van der Waals surface area (Å²) in [7, 11) is 0. The highest BCUT2D eigenvalue weighted by molar-refractivity contribution is 5.80. The van der Waals surface area contributed by atoms with Crippen molar-refractivity contribution in [3.63, 3.8) is 0 Å². The molecular weight excluding hydrogens is 378 g/mol. The fourth-order valence-electron chi connectivity index (χ4n) is 3.69. The first-order valence-corrected chi connectivity index (χ1v) is 11.8. The minimum atomic E-state index is 0.398. The molecule has 1 aliphatic heterocycles. The number of hydrogen-bond acceptors (Lipinski definition) is 5. The van der Waals surface area contributed by atoms with Gasteiger partial charge in [-0.15, -0.1) is 0 Å². The van der Waals surface area contributed by atoms with Gasteiger partial charge < -0.3 is 24.7 Å². The molecule has 0 bridgehead atoms. The Balaban J connectivity index is 1.74. The minimum absolute atomic E-state index is 0.398. The van der Waals surface area contributed by atoms with E-state index in [4.69, 9.17) is 14.1 Å². The fraction of sp³-hybridized carbons (Fsp3) is 0.783. The van der Waals surface area contributed by atoms with Crippen LogP contribution in [0.5, 0.6) is 0 Å². The molecule has 1 aliphatic rings. The van der Waals surface area contributed by atoms with Crippen molar-refractivity contribution in [1.29, 1.82) is 0 Å². The van der Waals surface area contributed by atoms with Crippen molar-refractivity contribution < 1.29 is 9.15 Å². The molecule has 2 heterocycles. The first kappa shape index (κ1) is 24.7. The summed E-state index contributed by atoms with van der Waals surface area (Å²) >= 11 is 0. The molecule has 1 unspecified atom stereocenters. The molecule has 0 amide bonds. The number of guanidine groups is 1. The molecule has 0 aromatic carbocycles. The maximum absolute atomic E-state index is 5.44. The van der Waals surface area contributed by atoms with Gasteiger partial charge in [-0.05, 0) is 58.0 Å². The van der Waals surface area contributed by atoms with Gasteiger partial charge in [0.1, 0.15) is 5.76 Å². The molecule has 1 fully saturated rings. The topological polar surface area (TPSA) is 65.3 Å². The molecule has 1 aromatic rings. The molecule has 0 radical (unpaired) electrons. The molecule has 7 heteroatoms. The first-order valence-electron chi connectivity index (χ1n) is 11.8. The third kappa shape index (κ3) is 10.5. The summed E-state index contributed by atoms with van der Waals surface area (Å²) in [6.45, 7) is 16.7. The number of furan rings is 1. The van der Waals surface area contributed by atoms with Crippen LogP contribution in [0.2, 0.25) is 0 Å². The number of morpholine rings is 1. The minimum Gasteiger partial charge on any atom is -0.469 e. The van der Waals surface area contributed by atoms with Gasteiger partial charge in [-0.2, -0.15) is 0 Å². The lowest BCUT2D eigenvalue weighted by Crippen LogP contribution is -2.43. The second-order valence-electron chi connectivity index (χ2n) is 8.01. The first-order chi connectivity index (χ1) is 14.7. The average Bonchev–Trinajstić information content (AvgIpc) is 3.28. The van der Waals surface area contributed by atoms with Crippen molar-refractivity contribution in [3.8, 4) is 0 Å². The highest BCUT2D eigenvalue weighted by Crippen LogP contribution is 2.02. The predicted octanol–water partition coefficient (Wildman–Crippen LogP) is 2.59. The lowest BCUT2D eigenvalue weighted by Gasteiger charge is -2.26. The number of rotatable bonds is 14. The monoisotopic (exact) mass is 421 g/mol. The zero-order valence-corrected chi connectivity index (χ0v) is 19.4. The molecular formula is C23H43N5O2. The highest BCUT2D eigenvalue weighted by atomic mass is 16.5. The third-order valence-corrected chi connectivity index (χ3v) is 5.64. The molecule has 2 rings (SSSR count). The van der Waals surface area contributed by atoms with Crippen molar-refractivity contribution in [2.45, 2.75) is 52.5 Å². The van der Waals surface area contributed by atoms with Crippen LogP contribution in [0, 0.1) is 0 Å². The standard InChI is InChI=1S/C23H43N5O2/c1-4-27(5-2)14-6-9-21(3)26-23(25-13-11-22-10-7-18-30-22)24-12-8-15-28-16-19-29-20-17-28/h7,10,18,21H,4-6,8-9,11-17,19-20H2,1-3H3,(H2,24,25,26). The molecule has 2 N–H and O–H groups in total. The van der Waals surface area contributed by atoms with Gasteiger partial charge >= 0.3 is 0 Å². The van der Waals surface area contributed by atoms with Crippen molar-refractivity contribution in [2.75, 3.05) is 65.6 Å². The maximum Gasteiger partial charge on any atom is 0.191 e. The lowest BCUT2D eigenvalue weighted by atomic mass is 10.2. The molecule has 0 saturated carbocycles. The van der Waals surface area contributed by atoms with E-state index in [-0.39, 0.29) is 0 Å². The van der Waals surface area contributed by atoms with Crippen LogP contribution in [0.15, 0.2) is 27.8 Å². The van der Waals surface area contributed by atoms with E-state index in [0.717, 1.165) is 96.6 Å². The lowest BCUT2D eigenvalue weighted by molar-refractivity contribution is 0.0377. The normalized spacial score (nSPS) is 16.7. The van der Waals surface area contributed by atoms with Gasteiger partial charge in [0.15, 0.2) is 5.96 Å². The van der Waals surface area contributed by atoms with E-state index in [1.807, 2.05) is 12.1 Å². The summed E-state index contributed by atoms with van der Waals surface area (Å²) in [6.07, 6.45) is 6.00. The maximum atomic E-state index is 5.44. The summed E-state index contributed by atoms with van der Waals surface area (Å²) < 4.78 is 10.9. The molecule has 1 aromatic heterocycles. The van der Waals surface area contributed by atoms with E-state index in [9.17, 15) is 0 Å². The van der Waals surface area contributed by atoms with Gasteiger partial charge in [0.2, 0.25) is 0 Å². The van der Waals surface area contributed by atoms with Crippen LogP contribution in [0.3, 0.4) is 0 Å². The van der Waals surface area contributed by atoms with E-state index < -0.39 is 0 Å². The highest BCUT2D eigenvalue weighted by Gasteiger charge is 2.10. The Morgan fingerprint density at radius 1 is 1.23 bits per heavy atom. The van der Waals surface area contributed by atoms with Gasteiger partial charge in [0.25, 0.3) is 0 Å². The van der Waals surface area contributed by atoms with Crippen LogP contribution in [-0.2, 0) is 11.2 Å². The number of aliphatic imine (C=N–C) groups is 1. The van der Waals surface area contributed by atoms with Gasteiger partial charge in [0.05, 0.1) is 19.5 Å². The Kier molecular flexibility index (Phi) is 12.6. The second-order valence-corrected chi connectivity index (χ2v) is 8.01. The Morgan fingerprint density at radius 3 is 2.73 bits per heavy atom. The summed E-state index contributed by atoms with van der Waals surface area (Å²) in [5.74, 6) is 1.92. The number of nitrogens with one attached hydrogen (secondary N) is 2. The molecule has 1 atom stereocenters. The quantitative estimate of drug-likeness (QED) is 0.273. The molecule has 30 heavy (non-hydrogen) atoms. The van der Waals surface area contributed by atoms with E-state index in [1.54, 1.807) is 6.26 Å². The van der Waals surface area contributed by atoms with E-state index in [1.165, 1.54) is 6.42 Å². The molecule has 0 spiro atoms. The summed E-state index contributed by atoms with van der Waals surface area (Å²) in [6, 6.07) is 4.35. The van der Waals surface area contributed by atoms with E-state index >= 15 is 0 Å². The van der Waals surface area contributed by atoms with Gasteiger partial charge in [-0.3, -0.25) is 9.89 Å². The summed E-state index contributed by atoms with van der Waals surface area (Å²) in [5, 5.41) is 7.09. The zero-order valence-electron chi connectivity index (χ0n) is 19.4. The van der Waals surface area contributed by atoms with E-state index in [0.29, 0.717) is 6.04 Å². The van der Waals surface area contributed by atoms with Crippen LogP contribution < -0.4 is 10.6 Å². The Labute approximate surface area is 183 Å². The van der Waals surface area contributed by atoms with Crippen molar-refractivity contribution in [3.05, 3.63) is 24.2 Å². The van der Waals surface area contributed by atoms with Crippen molar-refractivity contribution >= 4 is 5.96 Å². The number of nitrogens with zero attached hydrogens (tertiary/aromatic N) is 3. The molecule has 1 saturated heterocycles. The summed E-state index contributed by atoms with van der Waals surface area (Å²) in [5.41, 5.74) is 0. The SMILES string of the molecule is CCN(CC)CCCC(C)NC(=NCCCN1CCOCC1)NCCc1ccco1. The van der Waals surface area contributed by atoms with Gasteiger partial charge in [-0.1, -0.05) is 13.8 Å².